The van der Waals surface area contributed by atoms with Crippen molar-refractivity contribution in [2.45, 2.75) is 74.7 Å². The lowest BCUT2D eigenvalue weighted by Crippen LogP contribution is -2.19. The highest BCUT2D eigenvalue weighted by atomic mass is 16.5. The fourth-order valence-electron chi connectivity index (χ4n) is 3.82. The summed E-state index contributed by atoms with van der Waals surface area (Å²) in [7, 11) is 0. The lowest BCUT2D eigenvalue weighted by Gasteiger charge is -2.32. The zero-order valence-electron chi connectivity index (χ0n) is 22.6. The number of rotatable bonds is 10. The zero-order valence-corrected chi connectivity index (χ0v) is 22.6. The number of allylic oxidation sites excluding steroid dienone is 17. The predicted molar refractivity (Wildman–Crippen MR) is 149 cm³/mol. The van der Waals surface area contributed by atoms with Crippen molar-refractivity contribution in [3.63, 3.8) is 0 Å². The van der Waals surface area contributed by atoms with Crippen LogP contribution >= 0.6 is 0 Å². The molecule has 0 spiro atoms. The molecule has 0 N–H and O–H groups in total. The highest BCUT2D eigenvalue weighted by Crippen LogP contribution is 2.40. The summed E-state index contributed by atoms with van der Waals surface area (Å²) in [6.45, 7) is 17.2. The summed E-state index contributed by atoms with van der Waals surface area (Å²) in [6.07, 6.45) is 28.5. The van der Waals surface area contributed by atoms with Crippen LogP contribution in [0.4, 0.5) is 0 Å². The maximum Gasteiger partial charge on any atom is 0.333 e. The third kappa shape index (κ3) is 11.3. The molecule has 0 bridgehead atoms. The molecule has 0 saturated heterocycles. The van der Waals surface area contributed by atoms with Gasteiger partial charge in [0.15, 0.2) is 0 Å². The molecule has 0 saturated carbocycles. The van der Waals surface area contributed by atoms with Gasteiger partial charge in [0.1, 0.15) is 0 Å². The summed E-state index contributed by atoms with van der Waals surface area (Å²) in [5.74, 6) is -0.274. The van der Waals surface area contributed by atoms with Crippen LogP contribution < -0.4 is 0 Å². The van der Waals surface area contributed by atoms with Crippen LogP contribution in [-0.2, 0) is 9.53 Å². The monoisotopic (exact) mass is 460 g/mol. The predicted octanol–water partition coefficient (Wildman–Crippen LogP) is 9.09. The molecule has 1 aliphatic rings. The Morgan fingerprint density at radius 2 is 1.38 bits per heavy atom. The maximum atomic E-state index is 11.6. The van der Waals surface area contributed by atoms with Crippen LogP contribution in [0.1, 0.15) is 74.7 Å². The Bertz CT molecular complexity index is 966. The van der Waals surface area contributed by atoms with Crippen molar-refractivity contribution >= 4 is 5.97 Å². The number of hydrogen-bond acceptors (Lipinski definition) is 2. The van der Waals surface area contributed by atoms with Crippen LogP contribution in [0.15, 0.2) is 106 Å². The fraction of sp³-hybridized carbons (Fsp3) is 0.406. The van der Waals surface area contributed by atoms with Crippen molar-refractivity contribution in [3.8, 4) is 0 Å². The molecule has 0 aromatic rings. The summed E-state index contributed by atoms with van der Waals surface area (Å²) in [5.41, 5.74) is 7.44. The van der Waals surface area contributed by atoms with Crippen LogP contribution in [0.5, 0.6) is 0 Å². The van der Waals surface area contributed by atoms with E-state index in [1.54, 1.807) is 19.9 Å². The summed E-state index contributed by atoms with van der Waals surface area (Å²) >= 11 is 0. The van der Waals surface area contributed by atoms with E-state index in [1.807, 2.05) is 37.3 Å². The minimum atomic E-state index is -0.274. The molecule has 0 amide bonds. The van der Waals surface area contributed by atoms with Crippen LogP contribution in [0.2, 0.25) is 0 Å². The Morgan fingerprint density at radius 3 is 1.94 bits per heavy atom. The number of esters is 1. The number of carbonyl (C=O) groups is 1. The van der Waals surface area contributed by atoms with Crippen molar-refractivity contribution in [2.24, 2.45) is 5.41 Å². The Balaban J connectivity index is 2.63. The molecule has 0 unspecified atom stereocenters. The van der Waals surface area contributed by atoms with Crippen LogP contribution in [0, 0.1) is 5.41 Å². The van der Waals surface area contributed by atoms with Gasteiger partial charge in [0.2, 0.25) is 0 Å². The van der Waals surface area contributed by atoms with E-state index in [0.717, 1.165) is 5.57 Å². The van der Waals surface area contributed by atoms with E-state index in [-0.39, 0.29) is 11.4 Å². The van der Waals surface area contributed by atoms with E-state index < -0.39 is 0 Å². The minimum absolute atomic E-state index is 0.274. The third-order valence-electron chi connectivity index (χ3n) is 5.91. The first kappa shape index (κ1) is 29.2. The first-order valence-electron chi connectivity index (χ1n) is 12.3. The number of ether oxygens (including phenoxy) is 1. The van der Waals surface area contributed by atoms with Gasteiger partial charge in [-0.25, -0.2) is 4.79 Å². The van der Waals surface area contributed by atoms with Crippen molar-refractivity contribution in [1.29, 1.82) is 0 Å². The molecule has 0 aromatic carbocycles. The van der Waals surface area contributed by atoms with E-state index >= 15 is 0 Å². The quantitative estimate of drug-likeness (QED) is 0.185. The van der Waals surface area contributed by atoms with E-state index in [1.165, 1.54) is 41.6 Å². The van der Waals surface area contributed by atoms with Gasteiger partial charge >= 0.3 is 5.97 Å². The summed E-state index contributed by atoms with van der Waals surface area (Å²) in [6, 6.07) is 0. The normalized spacial score (nSPS) is 18.8. The van der Waals surface area contributed by atoms with E-state index in [4.69, 9.17) is 4.74 Å². The van der Waals surface area contributed by atoms with Gasteiger partial charge in [0, 0.05) is 5.57 Å². The molecule has 34 heavy (non-hydrogen) atoms. The first-order valence-corrected chi connectivity index (χ1v) is 12.3. The molecule has 0 aliphatic heterocycles. The van der Waals surface area contributed by atoms with Gasteiger partial charge < -0.3 is 4.74 Å². The highest BCUT2D eigenvalue weighted by molar-refractivity contribution is 5.88. The van der Waals surface area contributed by atoms with Gasteiger partial charge in [0.05, 0.1) is 6.61 Å². The van der Waals surface area contributed by atoms with Crippen LogP contribution in [0.25, 0.3) is 0 Å². The third-order valence-corrected chi connectivity index (χ3v) is 5.91. The second kappa shape index (κ2) is 15.1. The number of hydrogen-bond donors (Lipinski definition) is 0. The van der Waals surface area contributed by atoms with Gasteiger partial charge in [-0.3, -0.25) is 0 Å². The smallest absolute Gasteiger partial charge is 0.333 e. The second-order valence-electron chi connectivity index (χ2n) is 9.67. The molecule has 0 aromatic heterocycles. The van der Waals surface area contributed by atoms with E-state index in [9.17, 15) is 4.79 Å². The van der Waals surface area contributed by atoms with Crippen molar-refractivity contribution in [1.82, 2.24) is 0 Å². The molecule has 1 rings (SSSR count). The van der Waals surface area contributed by atoms with Gasteiger partial charge in [-0.1, -0.05) is 109 Å². The minimum Gasteiger partial charge on any atom is -0.463 e. The van der Waals surface area contributed by atoms with Crippen LogP contribution in [0.3, 0.4) is 0 Å². The van der Waals surface area contributed by atoms with Crippen molar-refractivity contribution in [2.75, 3.05) is 6.61 Å². The van der Waals surface area contributed by atoms with E-state index in [2.05, 4.69) is 71.1 Å². The standard InChI is InChI=1S/C32H44O2/c1-9-34-31(33)29(6)20-13-19-26(3)16-11-10-15-25(2)17-12-18-27(4)22-23-30-28(5)21-14-24-32(30,7)8/h10-13,15-20,22-23H,9,14,21,24H2,1-8H3/b11-10+,17-12+,19-13+,23-22+,25-15+,26-16+,27-18+,29-20+. The van der Waals surface area contributed by atoms with Crippen molar-refractivity contribution in [3.05, 3.63) is 106 Å². The average molecular weight is 461 g/mol. The molecule has 2 nitrogen and oxygen atoms in total. The molecule has 0 fully saturated rings. The molecule has 2 heteroatoms. The average Bonchev–Trinajstić information content (AvgIpc) is 2.76. The lowest BCUT2D eigenvalue weighted by molar-refractivity contribution is -0.138. The topological polar surface area (TPSA) is 26.3 Å². The van der Waals surface area contributed by atoms with Gasteiger partial charge in [-0.2, -0.15) is 0 Å². The first-order chi connectivity index (χ1) is 16.1. The van der Waals surface area contributed by atoms with Gasteiger partial charge in [0.25, 0.3) is 0 Å². The largest absolute Gasteiger partial charge is 0.463 e. The summed E-state index contributed by atoms with van der Waals surface area (Å²) in [5, 5.41) is 0. The highest BCUT2D eigenvalue weighted by Gasteiger charge is 2.26. The van der Waals surface area contributed by atoms with E-state index in [0.29, 0.717) is 12.2 Å². The van der Waals surface area contributed by atoms with Gasteiger partial charge in [-0.05, 0) is 71.8 Å². The molecule has 0 atom stereocenters. The summed E-state index contributed by atoms with van der Waals surface area (Å²) < 4.78 is 4.96. The Kier molecular flexibility index (Phi) is 13.0. The molecule has 0 radical (unpaired) electrons. The Labute approximate surface area is 208 Å². The van der Waals surface area contributed by atoms with Crippen LogP contribution in [-0.4, -0.2) is 12.6 Å². The van der Waals surface area contributed by atoms with Crippen molar-refractivity contribution < 1.29 is 9.53 Å². The fourth-order valence-corrected chi connectivity index (χ4v) is 3.82. The zero-order chi connectivity index (χ0) is 25.6. The lowest BCUT2D eigenvalue weighted by atomic mass is 9.72. The number of carbonyl (C=O) groups excluding carboxylic acids is 1. The SMILES string of the molecule is CCOC(=O)/C(C)=C/C=C/C(C)=C/C=C/C=C(C)/C=C/C=C(C)/C=C/C1=C(C)CCCC1(C)C. The second-order valence-corrected chi connectivity index (χ2v) is 9.67. The maximum absolute atomic E-state index is 11.6. The molecule has 184 valence electrons. The molecule has 1 aliphatic carbocycles. The molecular weight excluding hydrogens is 416 g/mol. The Hall–Kier alpha value is -2.87. The van der Waals surface area contributed by atoms with Gasteiger partial charge in [-0.15, -0.1) is 0 Å². The molecular formula is C32H44O2. The molecule has 0 heterocycles. The Morgan fingerprint density at radius 1 is 0.853 bits per heavy atom. The summed E-state index contributed by atoms with van der Waals surface area (Å²) in [4.78, 5) is 11.6.